The number of Topliss-reactive ketones (excluding diaryl/α,β-unsaturated/α-hetero) is 1. The summed E-state index contributed by atoms with van der Waals surface area (Å²) in [5.41, 5.74) is 1.40. The highest BCUT2D eigenvalue weighted by Gasteiger charge is 2.32. The first-order valence-electron chi connectivity index (χ1n) is 13.3. The van der Waals surface area contributed by atoms with E-state index in [1.54, 1.807) is 77.8 Å². The molecule has 0 spiro atoms. The number of esters is 1. The van der Waals surface area contributed by atoms with Crippen LogP contribution in [-0.4, -0.2) is 48.0 Å². The Balaban J connectivity index is 1.71. The molecule has 2 amide bonds. The summed E-state index contributed by atoms with van der Waals surface area (Å²) < 4.78 is 10.8. The number of benzene rings is 2. The highest BCUT2D eigenvalue weighted by molar-refractivity contribution is 5.96. The van der Waals surface area contributed by atoms with Crippen LogP contribution in [0.3, 0.4) is 0 Å². The number of hydrogen-bond acceptors (Lipinski definition) is 6. The van der Waals surface area contributed by atoms with Gasteiger partial charge in [-0.15, -0.1) is 0 Å². The van der Waals surface area contributed by atoms with E-state index in [1.807, 2.05) is 24.3 Å². The van der Waals surface area contributed by atoms with Gasteiger partial charge in [0.25, 0.3) is 0 Å². The summed E-state index contributed by atoms with van der Waals surface area (Å²) in [4.78, 5) is 52.3. The molecule has 1 aliphatic rings. The van der Waals surface area contributed by atoms with Crippen molar-refractivity contribution in [3.05, 3.63) is 65.2 Å². The molecule has 8 heteroatoms. The number of nitrogens with one attached hydrogen (secondary N) is 1. The zero-order valence-corrected chi connectivity index (χ0v) is 24.0. The van der Waals surface area contributed by atoms with Crippen molar-refractivity contribution in [3.63, 3.8) is 0 Å². The van der Waals surface area contributed by atoms with Crippen LogP contribution in [0.15, 0.2) is 48.5 Å². The van der Waals surface area contributed by atoms with Crippen molar-refractivity contribution in [2.45, 2.75) is 84.5 Å². The van der Waals surface area contributed by atoms with Crippen LogP contribution >= 0.6 is 0 Å². The normalized spacial score (nSPS) is 14.2. The minimum atomic E-state index is -0.831. The van der Waals surface area contributed by atoms with E-state index >= 15 is 0 Å². The molecule has 1 N–H and O–H groups in total. The lowest BCUT2D eigenvalue weighted by molar-refractivity contribution is -0.120. The van der Waals surface area contributed by atoms with Crippen LogP contribution in [0.1, 0.15) is 75.9 Å². The van der Waals surface area contributed by atoms with E-state index in [-0.39, 0.29) is 30.4 Å². The molecule has 39 heavy (non-hydrogen) atoms. The van der Waals surface area contributed by atoms with Crippen LogP contribution in [-0.2, 0) is 31.9 Å². The Morgan fingerprint density at radius 2 is 1.38 bits per heavy atom. The molecule has 210 valence electrons. The second kappa shape index (κ2) is 12.0. The van der Waals surface area contributed by atoms with Crippen LogP contribution in [0.2, 0.25) is 0 Å². The Morgan fingerprint density at radius 1 is 0.846 bits per heavy atom. The number of carbonyl (C=O) groups is 4. The van der Waals surface area contributed by atoms with Crippen molar-refractivity contribution in [2.75, 3.05) is 11.9 Å². The van der Waals surface area contributed by atoms with Gasteiger partial charge in [-0.1, -0.05) is 24.3 Å². The lowest BCUT2D eigenvalue weighted by Gasteiger charge is -2.23. The van der Waals surface area contributed by atoms with E-state index in [2.05, 4.69) is 5.32 Å². The first kappa shape index (κ1) is 29.9. The third-order valence-electron chi connectivity index (χ3n) is 6.07. The SMILES string of the molecule is CN(C(=O)C1CC1)c1ccc(C[C@H](NC(=O)OC(C)(C)C)C(=O)Cc2ccc(C(=O)OC(C)(C)C)cc2)cc1. The van der Waals surface area contributed by atoms with E-state index in [1.165, 1.54) is 0 Å². The summed E-state index contributed by atoms with van der Waals surface area (Å²) >= 11 is 0. The summed E-state index contributed by atoms with van der Waals surface area (Å²) in [7, 11) is 1.76. The Labute approximate surface area is 231 Å². The predicted octanol–water partition coefficient (Wildman–Crippen LogP) is 5.26. The molecule has 0 heterocycles. The molecule has 0 radical (unpaired) electrons. The molecule has 1 aliphatic carbocycles. The molecule has 1 fully saturated rings. The van der Waals surface area contributed by atoms with E-state index < -0.39 is 29.3 Å². The van der Waals surface area contributed by atoms with Crippen molar-refractivity contribution < 1.29 is 28.7 Å². The quantitative estimate of drug-likeness (QED) is 0.439. The minimum absolute atomic E-state index is 0.0613. The third-order valence-corrected chi connectivity index (χ3v) is 6.07. The number of ether oxygens (including phenoxy) is 2. The summed E-state index contributed by atoms with van der Waals surface area (Å²) in [5, 5.41) is 2.73. The fourth-order valence-corrected chi connectivity index (χ4v) is 3.94. The monoisotopic (exact) mass is 536 g/mol. The largest absolute Gasteiger partial charge is 0.456 e. The van der Waals surface area contributed by atoms with Gasteiger partial charge in [-0.3, -0.25) is 9.59 Å². The number of hydrogen-bond donors (Lipinski definition) is 1. The van der Waals surface area contributed by atoms with E-state index in [9.17, 15) is 19.2 Å². The van der Waals surface area contributed by atoms with Gasteiger partial charge < -0.3 is 19.7 Å². The number of nitrogens with zero attached hydrogens (tertiary/aromatic N) is 1. The lowest BCUT2D eigenvalue weighted by Crippen LogP contribution is -2.45. The maximum Gasteiger partial charge on any atom is 0.408 e. The van der Waals surface area contributed by atoms with Gasteiger partial charge >= 0.3 is 12.1 Å². The molecule has 1 saturated carbocycles. The number of rotatable bonds is 9. The van der Waals surface area contributed by atoms with Crippen molar-refractivity contribution >= 4 is 29.4 Å². The predicted molar refractivity (Wildman–Crippen MR) is 150 cm³/mol. The first-order valence-corrected chi connectivity index (χ1v) is 13.3. The minimum Gasteiger partial charge on any atom is -0.456 e. The van der Waals surface area contributed by atoms with Crippen molar-refractivity contribution in [2.24, 2.45) is 5.92 Å². The number of amides is 2. The number of anilines is 1. The van der Waals surface area contributed by atoms with E-state index in [0.717, 1.165) is 24.1 Å². The summed E-state index contributed by atoms with van der Waals surface area (Å²) in [6.07, 6.45) is 1.52. The van der Waals surface area contributed by atoms with Gasteiger partial charge in [0.05, 0.1) is 11.6 Å². The van der Waals surface area contributed by atoms with Crippen LogP contribution in [0.25, 0.3) is 0 Å². The molecular weight excluding hydrogens is 496 g/mol. The van der Waals surface area contributed by atoms with Crippen molar-refractivity contribution in [1.82, 2.24) is 5.32 Å². The Kier molecular flexibility index (Phi) is 9.20. The van der Waals surface area contributed by atoms with Gasteiger partial charge in [0.15, 0.2) is 5.78 Å². The first-order chi connectivity index (χ1) is 18.1. The molecule has 0 aromatic heterocycles. The smallest absolute Gasteiger partial charge is 0.408 e. The van der Waals surface area contributed by atoms with E-state index in [0.29, 0.717) is 11.1 Å². The molecule has 0 aliphatic heterocycles. The lowest BCUT2D eigenvalue weighted by atomic mass is 9.97. The Morgan fingerprint density at radius 3 is 1.90 bits per heavy atom. The zero-order chi connectivity index (χ0) is 29.0. The van der Waals surface area contributed by atoms with Gasteiger partial charge in [-0.25, -0.2) is 9.59 Å². The molecule has 3 rings (SSSR count). The van der Waals surface area contributed by atoms with Crippen LogP contribution in [0.4, 0.5) is 10.5 Å². The number of alkyl carbamates (subject to hydrolysis) is 1. The molecule has 0 bridgehead atoms. The topological polar surface area (TPSA) is 102 Å². The average molecular weight is 537 g/mol. The third kappa shape index (κ3) is 9.53. The maximum absolute atomic E-state index is 13.4. The van der Waals surface area contributed by atoms with Gasteiger partial charge in [0.1, 0.15) is 11.2 Å². The van der Waals surface area contributed by atoms with Gasteiger partial charge in [-0.05, 0) is 96.2 Å². The molecule has 0 saturated heterocycles. The highest BCUT2D eigenvalue weighted by Crippen LogP contribution is 2.32. The Hall–Kier alpha value is -3.68. The van der Waals surface area contributed by atoms with Crippen LogP contribution in [0, 0.1) is 5.92 Å². The summed E-state index contributed by atoms with van der Waals surface area (Å²) in [6, 6.07) is 13.3. The molecule has 2 aromatic rings. The average Bonchev–Trinajstić information content (AvgIpc) is 3.67. The molecule has 8 nitrogen and oxygen atoms in total. The fourth-order valence-electron chi connectivity index (χ4n) is 3.94. The maximum atomic E-state index is 13.4. The zero-order valence-electron chi connectivity index (χ0n) is 24.0. The second-order valence-electron chi connectivity index (χ2n) is 12.1. The highest BCUT2D eigenvalue weighted by atomic mass is 16.6. The molecule has 0 unspecified atom stereocenters. The molecule has 2 aromatic carbocycles. The van der Waals surface area contributed by atoms with Crippen molar-refractivity contribution in [1.29, 1.82) is 0 Å². The summed E-state index contributed by atoms with van der Waals surface area (Å²) in [5.74, 6) is -0.401. The molecule has 1 atom stereocenters. The van der Waals surface area contributed by atoms with Crippen LogP contribution < -0.4 is 10.2 Å². The van der Waals surface area contributed by atoms with Gasteiger partial charge in [0.2, 0.25) is 5.91 Å². The summed E-state index contributed by atoms with van der Waals surface area (Å²) in [6.45, 7) is 10.7. The standard InChI is InChI=1S/C31H40N2O6/c1-30(2,3)38-28(36)23-12-8-21(9-13-23)19-26(34)25(32-29(37)39-31(4,5)6)18-20-10-16-24(17-11-20)33(7)27(35)22-14-15-22/h8-13,16-17,22,25H,14-15,18-19H2,1-7H3,(H,32,37)/t25-/m0/s1. The second-order valence-corrected chi connectivity index (χ2v) is 12.1. The Bertz CT molecular complexity index is 1190. The molecular formula is C31H40N2O6. The number of ketones is 1. The van der Waals surface area contributed by atoms with Crippen molar-refractivity contribution in [3.8, 4) is 0 Å². The fraction of sp³-hybridized carbons (Fsp3) is 0.484. The number of carbonyl (C=O) groups excluding carboxylic acids is 4. The van der Waals surface area contributed by atoms with Gasteiger partial charge in [-0.2, -0.15) is 0 Å². The van der Waals surface area contributed by atoms with E-state index in [4.69, 9.17) is 9.47 Å². The van der Waals surface area contributed by atoms with Crippen LogP contribution in [0.5, 0.6) is 0 Å². The van der Waals surface area contributed by atoms with Gasteiger partial charge in [0, 0.05) is 25.1 Å².